The Morgan fingerprint density at radius 3 is 2.71 bits per heavy atom. The Morgan fingerprint density at radius 1 is 1.43 bits per heavy atom. The lowest BCUT2D eigenvalue weighted by molar-refractivity contribution is -0.182. The van der Waals surface area contributed by atoms with Gasteiger partial charge in [-0.15, -0.1) is 0 Å². The van der Waals surface area contributed by atoms with Crippen LogP contribution in [0.1, 0.15) is 26.5 Å². The Hall–Kier alpha value is -2.80. The molecule has 0 aromatic carbocycles. The van der Waals surface area contributed by atoms with Crippen LogP contribution in [0, 0.1) is 17.2 Å². The molecular formula is C17H19N5O5S. The fourth-order valence-electron chi connectivity index (χ4n) is 2.74. The Labute approximate surface area is 165 Å². The highest BCUT2D eigenvalue weighted by Crippen LogP contribution is 2.39. The standard InChI is InChI=1S/C17H19N5O5S/c1-9-15(21-22-19)16(26-11(3)24)14(8-25-10(2)23)27-17(9)28-13-5-4-12(6-18)20-7-13/h4-5,7,9,14-17H,8H2,1-3H3/t9?,14?,15-,16+,17-/m1/s1. The number of pyridine rings is 1. The molecule has 1 aliphatic rings. The maximum Gasteiger partial charge on any atom is 0.303 e. The van der Waals surface area contributed by atoms with Gasteiger partial charge in [0.15, 0.2) is 0 Å². The van der Waals surface area contributed by atoms with Crippen LogP contribution < -0.4 is 0 Å². The van der Waals surface area contributed by atoms with Gasteiger partial charge in [-0.05, 0) is 17.7 Å². The van der Waals surface area contributed by atoms with Crippen LogP contribution in [-0.2, 0) is 23.8 Å². The number of azide groups is 1. The minimum absolute atomic E-state index is 0.153. The summed E-state index contributed by atoms with van der Waals surface area (Å²) < 4.78 is 16.4. The van der Waals surface area contributed by atoms with Crippen molar-refractivity contribution in [2.75, 3.05) is 6.61 Å². The van der Waals surface area contributed by atoms with Crippen LogP contribution in [0.5, 0.6) is 0 Å². The van der Waals surface area contributed by atoms with Crippen molar-refractivity contribution in [3.8, 4) is 6.07 Å². The molecule has 0 N–H and O–H groups in total. The van der Waals surface area contributed by atoms with E-state index in [9.17, 15) is 9.59 Å². The van der Waals surface area contributed by atoms with E-state index in [1.165, 1.54) is 25.6 Å². The molecule has 10 nitrogen and oxygen atoms in total. The Kier molecular flexibility index (Phi) is 7.63. The molecule has 1 aromatic heterocycles. The van der Waals surface area contributed by atoms with Crippen LogP contribution in [0.15, 0.2) is 28.3 Å². The van der Waals surface area contributed by atoms with E-state index in [-0.39, 0.29) is 18.2 Å². The number of thioether (sulfide) groups is 1. The molecule has 28 heavy (non-hydrogen) atoms. The predicted octanol–water partition coefficient (Wildman–Crippen LogP) is 2.58. The van der Waals surface area contributed by atoms with Crippen molar-refractivity contribution in [3.63, 3.8) is 0 Å². The minimum Gasteiger partial charge on any atom is -0.463 e. The highest BCUT2D eigenvalue weighted by Gasteiger charge is 2.46. The number of nitriles is 1. The summed E-state index contributed by atoms with van der Waals surface area (Å²) in [4.78, 5) is 30.4. The molecule has 2 heterocycles. The van der Waals surface area contributed by atoms with Crippen LogP contribution in [0.25, 0.3) is 10.4 Å². The lowest BCUT2D eigenvalue weighted by atomic mass is 9.91. The number of carbonyl (C=O) groups is 2. The van der Waals surface area contributed by atoms with E-state index in [1.807, 2.05) is 13.0 Å². The molecule has 1 saturated heterocycles. The molecule has 1 aromatic rings. The third-order valence-electron chi connectivity index (χ3n) is 4.02. The number of hydrogen-bond donors (Lipinski definition) is 0. The van der Waals surface area contributed by atoms with Crippen LogP contribution in [0.2, 0.25) is 0 Å². The first-order valence-electron chi connectivity index (χ1n) is 8.38. The van der Waals surface area contributed by atoms with Gasteiger partial charge >= 0.3 is 11.9 Å². The summed E-state index contributed by atoms with van der Waals surface area (Å²) >= 11 is 1.32. The van der Waals surface area contributed by atoms with E-state index < -0.39 is 35.6 Å². The van der Waals surface area contributed by atoms with E-state index in [0.29, 0.717) is 0 Å². The number of carbonyl (C=O) groups excluding carboxylic acids is 2. The summed E-state index contributed by atoms with van der Waals surface area (Å²) in [5, 5.41) is 12.7. The largest absolute Gasteiger partial charge is 0.463 e. The molecular weight excluding hydrogens is 386 g/mol. The molecule has 0 aliphatic carbocycles. The second-order valence-corrected chi connectivity index (χ2v) is 7.25. The number of rotatable bonds is 6. The zero-order chi connectivity index (χ0) is 20.7. The van der Waals surface area contributed by atoms with Crippen molar-refractivity contribution in [2.24, 2.45) is 11.0 Å². The van der Waals surface area contributed by atoms with Gasteiger partial charge in [-0.1, -0.05) is 23.8 Å². The van der Waals surface area contributed by atoms with Crippen molar-refractivity contribution < 1.29 is 23.8 Å². The fourth-order valence-corrected chi connectivity index (χ4v) is 3.84. The molecule has 11 heteroatoms. The van der Waals surface area contributed by atoms with Crippen LogP contribution in [0.3, 0.4) is 0 Å². The van der Waals surface area contributed by atoms with Crippen LogP contribution >= 0.6 is 11.8 Å². The van der Waals surface area contributed by atoms with E-state index >= 15 is 0 Å². The topological polar surface area (TPSA) is 147 Å². The normalized spacial score (nSPS) is 26.4. The Morgan fingerprint density at radius 2 is 2.18 bits per heavy atom. The summed E-state index contributed by atoms with van der Waals surface area (Å²) in [7, 11) is 0. The molecule has 148 valence electrons. The second kappa shape index (κ2) is 9.94. The quantitative estimate of drug-likeness (QED) is 0.303. The minimum atomic E-state index is -0.890. The van der Waals surface area contributed by atoms with E-state index in [4.69, 9.17) is 25.0 Å². The smallest absolute Gasteiger partial charge is 0.303 e. The molecule has 5 atom stereocenters. The van der Waals surface area contributed by atoms with Gasteiger partial charge in [-0.3, -0.25) is 9.59 Å². The van der Waals surface area contributed by atoms with E-state index in [2.05, 4.69) is 15.0 Å². The number of nitrogens with zero attached hydrogens (tertiary/aromatic N) is 5. The molecule has 0 radical (unpaired) electrons. The second-order valence-electron chi connectivity index (χ2n) is 6.08. The summed E-state index contributed by atoms with van der Waals surface area (Å²) in [5.74, 6) is -1.40. The average molecular weight is 405 g/mol. The monoisotopic (exact) mass is 405 g/mol. The molecule has 0 saturated carbocycles. The lowest BCUT2D eigenvalue weighted by Crippen LogP contribution is -2.55. The van der Waals surface area contributed by atoms with Crippen molar-refractivity contribution >= 4 is 23.7 Å². The van der Waals surface area contributed by atoms with Gasteiger partial charge in [0.2, 0.25) is 0 Å². The van der Waals surface area contributed by atoms with Crippen molar-refractivity contribution in [1.82, 2.24) is 4.98 Å². The number of ether oxygens (including phenoxy) is 3. The van der Waals surface area contributed by atoms with Gasteiger partial charge in [-0.25, -0.2) is 4.98 Å². The summed E-state index contributed by atoms with van der Waals surface area (Å²) in [5.41, 5.74) is 8.77. The van der Waals surface area contributed by atoms with Crippen molar-refractivity contribution in [3.05, 3.63) is 34.5 Å². The van der Waals surface area contributed by atoms with Crippen molar-refractivity contribution in [2.45, 2.75) is 49.4 Å². The van der Waals surface area contributed by atoms with Gasteiger partial charge in [0.25, 0.3) is 0 Å². The Bertz CT molecular complexity index is 805. The fraction of sp³-hybridized carbons (Fsp3) is 0.529. The SMILES string of the molecule is CC(=O)OCC1O[C@H](Sc2ccc(C#N)nc2)C(C)[C@@H](N=[N+]=[N-])[C@H]1OC(C)=O. The molecule has 0 bridgehead atoms. The van der Waals surface area contributed by atoms with Gasteiger partial charge in [0.05, 0.1) is 6.04 Å². The van der Waals surface area contributed by atoms with E-state index in [0.717, 1.165) is 4.90 Å². The zero-order valence-electron chi connectivity index (χ0n) is 15.5. The maximum absolute atomic E-state index is 11.5. The Balaban J connectivity index is 2.27. The van der Waals surface area contributed by atoms with Gasteiger partial charge < -0.3 is 14.2 Å². The molecule has 2 unspecified atom stereocenters. The first kappa shape index (κ1) is 21.5. The third-order valence-corrected chi connectivity index (χ3v) is 5.31. The molecule has 1 aliphatic heterocycles. The lowest BCUT2D eigenvalue weighted by Gasteiger charge is -2.43. The molecule has 0 spiro atoms. The zero-order valence-corrected chi connectivity index (χ0v) is 16.3. The summed E-state index contributed by atoms with van der Waals surface area (Å²) in [6.07, 6.45) is -0.150. The third kappa shape index (κ3) is 5.60. The number of aromatic nitrogens is 1. The van der Waals surface area contributed by atoms with Crippen molar-refractivity contribution in [1.29, 1.82) is 5.26 Å². The molecule has 1 fully saturated rings. The molecule has 0 amide bonds. The first-order valence-corrected chi connectivity index (χ1v) is 9.26. The average Bonchev–Trinajstić information content (AvgIpc) is 2.66. The van der Waals surface area contributed by atoms with Crippen LogP contribution in [-0.4, -0.2) is 47.2 Å². The highest BCUT2D eigenvalue weighted by atomic mass is 32.2. The predicted molar refractivity (Wildman–Crippen MR) is 97.8 cm³/mol. The highest BCUT2D eigenvalue weighted by molar-refractivity contribution is 7.99. The maximum atomic E-state index is 11.5. The van der Waals surface area contributed by atoms with E-state index in [1.54, 1.807) is 18.3 Å². The van der Waals surface area contributed by atoms with Gasteiger partial charge in [-0.2, -0.15) is 5.26 Å². The molecule has 2 rings (SSSR count). The summed E-state index contributed by atoms with van der Waals surface area (Å²) in [6.45, 7) is 4.16. The first-order chi connectivity index (χ1) is 13.3. The number of hydrogen-bond acceptors (Lipinski definition) is 9. The van der Waals surface area contributed by atoms with Gasteiger partial charge in [0, 0.05) is 35.8 Å². The van der Waals surface area contributed by atoms with Crippen LogP contribution in [0.4, 0.5) is 0 Å². The number of esters is 2. The summed E-state index contributed by atoms with van der Waals surface area (Å²) in [6, 6.07) is 4.54. The van der Waals surface area contributed by atoms with Gasteiger partial charge in [0.1, 0.15) is 36.0 Å².